The number of hydrogen-bond donors (Lipinski definition) is 1. The van der Waals surface area contributed by atoms with Crippen molar-refractivity contribution in [3.05, 3.63) is 71.9 Å². The van der Waals surface area contributed by atoms with Gasteiger partial charge in [-0.05, 0) is 43.9 Å². The van der Waals surface area contributed by atoms with E-state index in [2.05, 4.69) is 17.4 Å². The van der Waals surface area contributed by atoms with Gasteiger partial charge in [0.15, 0.2) is 0 Å². The first-order valence-electron chi connectivity index (χ1n) is 11.4. The molecule has 2 aromatic carbocycles. The zero-order chi connectivity index (χ0) is 22.1. The highest BCUT2D eigenvalue weighted by Gasteiger charge is 2.47. The molecule has 3 heterocycles. The highest BCUT2D eigenvalue weighted by atomic mass is 16.5. The van der Waals surface area contributed by atoms with Gasteiger partial charge < -0.3 is 19.5 Å². The topological polar surface area (TPSA) is 63.6 Å². The highest BCUT2D eigenvalue weighted by Crippen LogP contribution is 2.32. The minimum atomic E-state index is -0.987. The lowest BCUT2D eigenvalue weighted by atomic mass is 9.93. The second-order valence-electron chi connectivity index (χ2n) is 8.99. The molecule has 2 unspecified atom stereocenters. The molecule has 3 aromatic rings. The maximum Gasteiger partial charge on any atom is 0.271 e. The summed E-state index contributed by atoms with van der Waals surface area (Å²) in [4.78, 5) is 29.0. The van der Waals surface area contributed by atoms with E-state index >= 15 is 0 Å². The van der Waals surface area contributed by atoms with Crippen molar-refractivity contribution >= 4 is 22.7 Å². The molecule has 1 saturated heterocycles. The quantitative estimate of drug-likeness (QED) is 0.651. The second-order valence-corrected chi connectivity index (χ2v) is 8.99. The van der Waals surface area contributed by atoms with Gasteiger partial charge in [0.25, 0.3) is 5.91 Å². The van der Waals surface area contributed by atoms with Crippen molar-refractivity contribution in [1.82, 2.24) is 14.8 Å². The predicted octanol–water partition coefficient (Wildman–Crippen LogP) is 3.39. The van der Waals surface area contributed by atoms with Crippen LogP contribution in [-0.4, -0.2) is 52.6 Å². The lowest BCUT2D eigenvalue weighted by Crippen LogP contribution is -2.64. The Morgan fingerprint density at radius 1 is 1.16 bits per heavy atom. The Hall–Kier alpha value is -3.12. The molecule has 0 radical (unpaired) electrons. The van der Waals surface area contributed by atoms with Gasteiger partial charge in [-0.25, -0.2) is 0 Å². The third kappa shape index (κ3) is 3.69. The zero-order valence-electron chi connectivity index (χ0n) is 18.4. The van der Waals surface area contributed by atoms with Gasteiger partial charge in [0.05, 0.1) is 12.6 Å². The number of ether oxygens (including phenoxy) is 1. The van der Waals surface area contributed by atoms with Crippen LogP contribution in [0.25, 0.3) is 10.9 Å². The van der Waals surface area contributed by atoms with Gasteiger partial charge in [0.1, 0.15) is 11.2 Å². The van der Waals surface area contributed by atoms with Gasteiger partial charge in [-0.1, -0.05) is 48.5 Å². The molecule has 0 bridgehead atoms. The monoisotopic (exact) mass is 431 g/mol. The van der Waals surface area contributed by atoms with Crippen LogP contribution in [0.2, 0.25) is 0 Å². The summed E-state index contributed by atoms with van der Waals surface area (Å²) < 4.78 is 7.68. The summed E-state index contributed by atoms with van der Waals surface area (Å²) in [6.07, 6.45) is 2.74. The number of amides is 2. The Labute approximate surface area is 188 Å². The summed E-state index contributed by atoms with van der Waals surface area (Å²) in [5.41, 5.74) is 1.79. The number of nitrogens with zero attached hydrogens (tertiary/aromatic N) is 2. The lowest BCUT2D eigenvalue weighted by Gasteiger charge is -2.44. The molecule has 6 nitrogen and oxygen atoms in total. The third-order valence-electron chi connectivity index (χ3n) is 6.81. The smallest absolute Gasteiger partial charge is 0.271 e. The van der Waals surface area contributed by atoms with Crippen molar-refractivity contribution in [2.24, 2.45) is 0 Å². The number of rotatable bonds is 6. The van der Waals surface area contributed by atoms with Crippen molar-refractivity contribution in [1.29, 1.82) is 0 Å². The standard InChI is InChI=1S/C26H29N3O3/c1-26(25(31)27-17-21-11-7-15-32-21)18-28-22-12-6-5-10-20(22)16-23(28)24(30)29(26)14-13-19-8-3-2-4-9-19/h2-6,8-10,12,16,21H,7,11,13-15,17-18H2,1H3,(H,27,31). The van der Waals surface area contributed by atoms with Crippen LogP contribution >= 0.6 is 0 Å². The number of aromatic nitrogens is 1. The summed E-state index contributed by atoms with van der Waals surface area (Å²) in [6, 6.07) is 20.0. The molecule has 0 aliphatic carbocycles. The van der Waals surface area contributed by atoms with Crippen LogP contribution in [0.1, 0.15) is 35.8 Å². The van der Waals surface area contributed by atoms with Crippen LogP contribution in [0, 0.1) is 0 Å². The average molecular weight is 432 g/mol. The summed E-state index contributed by atoms with van der Waals surface area (Å²) in [5.74, 6) is -0.226. The third-order valence-corrected chi connectivity index (χ3v) is 6.81. The van der Waals surface area contributed by atoms with Crippen molar-refractivity contribution < 1.29 is 14.3 Å². The van der Waals surface area contributed by atoms with Crippen LogP contribution in [0.5, 0.6) is 0 Å². The molecular formula is C26H29N3O3. The molecule has 2 atom stereocenters. The first-order valence-corrected chi connectivity index (χ1v) is 11.4. The molecular weight excluding hydrogens is 402 g/mol. The molecule has 2 aliphatic rings. The van der Waals surface area contributed by atoms with Gasteiger partial charge in [0.2, 0.25) is 5.91 Å². The van der Waals surface area contributed by atoms with Crippen LogP contribution < -0.4 is 5.32 Å². The second kappa shape index (κ2) is 8.43. The Morgan fingerprint density at radius 3 is 2.72 bits per heavy atom. The van der Waals surface area contributed by atoms with E-state index in [9.17, 15) is 9.59 Å². The fourth-order valence-electron chi connectivity index (χ4n) is 4.94. The molecule has 5 rings (SSSR count). The van der Waals surface area contributed by atoms with Gasteiger partial charge in [-0.15, -0.1) is 0 Å². The molecule has 0 saturated carbocycles. The number of hydrogen-bond acceptors (Lipinski definition) is 3. The van der Waals surface area contributed by atoms with E-state index in [4.69, 9.17) is 4.74 Å². The fraction of sp³-hybridized carbons (Fsp3) is 0.385. The van der Waals surface area contributed by atoms with Crippen LogP contribution in [0.4, 0.5) is 0 Å². The minimum Gasteiger partial charge on any atom is -0.376 e. The van der Waals surface area contributed by atoms with E-state index in [0.29, 0.717) is 31.7 Å². The molecule has 1 fully saturated rings. The van der Waals surface area contributed by atoms with Crippen molar-refractivity contribution in [2.45, 2.75) is 44.4 Å². The Kier molecular flexibility index (Phi) is 5.47. The number of benzene rings is 2. The van der Waals surface area contributed by atoms with E-state index in [1.54, 1.807) is 4.90 Å². The Bertz CT molecular complexity index is 1130. The minimum absolute atomic E-state index is 0.0579. The summed E-state index contributed by atoms with van der Waals surface area (Å²) in [5, 5.41) is 4.10. The van der Waals surface area contributed by atoms with Gasteiger partial charge >= 0.3 is 0 Å². The van der Waals surface area contributed by atoms with E-state index in [1.807, 2.05) is 60.0 Å². The van der Waals surface area contributed by atoms with Crippen molar-refractivity contribution in [3.8, 4) is 0 Å². The van der Waals surface area contributed by atoms with Crippen LogP contribution in [0.3, 0.4) is 0 Å². The largest absolute Gasteiger partial charge is 0.376 e. The fourth-order valence-corrected chi connectivity index (χ4v) is 4.94. The number of nitrogens with one attached hydrogen (secondary N) is 1. The maximum absolute atomic E-state index is 13.7. The van der Waals surface area contributed by atoms with Gasteiger partial charge in [-0.3, -0.25) is 9.59 Å². The molecule has 32 heavy (non-hydrogen) atoms. The first kappa shape index (κ1) is 20.8. The van der Waals surface area contributed by atoms with E-state index in [1.165, 1.54) is 0 Å². The molecule has 1 aromatic heterocycles. The van der Waals surface area contributed by atoms with E-state index in [0.717, 1.165) is 35.9 Å². The summed E-state index contributed by atoms with van der Waals surface area (Å²) in [7, 11) is 0. The van der Waals surface area contributed by atoms with Crippen LogP contribution in [0.15, 0.2) is 60.7 Å². The number of carbonyl (C=O) groups excluding carboxylic acids is 2. The van der Waals surface area contributed by atoms with Gasteiger partial charge in [-0.2, -0.15) is 0 Å². The van der Waals surface area contributed by atoms with Crippen LogP contribution in [-0.2, 0) is 22.5 Å². The summed E-state index contributed by atoms with van der Waals surface area (Å²) in [6.45, 7) is 4.02. The molecule has 6 heteroatoms. The normalized spacial score (nSPS) is 22.8. The average Bonchev–Trinajstić information content (AvgIpc) is 3.46. The molecule has 1 N–H and O–H groups in total. The maximum atomic E-state index is 13.7. The van der Waals surface area contributed by atoms with E-state index in [-0.39, 0.29) is 17.9 Å². The molecule has 166 valence electrons. The number of fused-ring (bicyclic) bond motifs is 3. The number of para-hydroxylation sites is 1. The molecule has 0 spiro atoms. The number of carbonyl (C=O) groups is 2. The molecule has 2 amide bonds. The lowest BCUT2D eigenvalue weighted by molar-refractivity contribution is -0.133. The summed E-state index contributed by atoms with van der Waals surface area (Å²) >= 11 is 0. The Balaban J connectivity index is 1.46. The van der Waals surface area contributed by atoms with Gasteiger partial charge in [0, 0.05) is 30.6 Å². The Morgan fingerprint density at radius 2 is 1.94 bits per heavy atom. The highest BCUT2D eigenvalue weighted by molar-refractivity contribution is 6.03. The zero-order valence-corrected chi connectivity index (χ0v) is 18.4. The molecule has 2 aliphatic heterocycles. The first-order chi connectivity index (χ1) is 15.6. The van der Waals surface area contributed by atoms with E-state index < -0.39 is 5.54 Å². The van der Waals surface area contributed by atoms with Crippen molar-refractivity contribution in [2.75, 3.05) is 19.7 Å². The SMILES string of the molecule is CC1(C(=O)NCC2CCCO2)Cn2c(cc3ccccc32)C(=O)N1CCc1ccccc1. The predicted molar refractivity (Wildman–Crippen MR) is 124 cm³/mol. The van der Waals surface area contributed by atoms with Crippen molar-refractivity contribution in [3.63, 3.8) is 0 Å².